The molecule has 1 N–H and O–H groups in total. The van der Waals surface area contributed by atoms with Crippen molar-refractivity contribution in [2.75, 3.05) is 18.4 Å². The van der Waals surface area contributed by atoms with E-state index >= 15 is 0 Å². The minimum atomic E-state index is -3.41. The van der Waals surface area contributed by atoms with Crippen LogP contribution in [0.4, 0.5) is 11.5 Å². The molecule has 0 amide bonds. The van der Waals surface area contributed by atoms with Crippen molar-refractivity contribution in [2.24, 2.45) is 0 Å². The molecule has 2 aromatic heterocycles. The molecule has 0 saturated carbocycles. The number of rotatable bonds is 6. The first kappa shape index (κ1) is 17.8. The average molecular weight is 382 g/mol. The van der Waals surface area contributed by atoms with E-state index in [1.807, 2.05) is 0 Å². The summed E-state index contributed by atoms with van der Waals surface area (Å²) in [5.41, 5.74) is -0.0726. The Morgan fingerprint density at radius 3 is 2.60 bits per heavy atom. The number of pyridine rings is 1. The van der Waals surface area contributed by atoms with E-state index in [4.69, 9.17) is 0 Å². The van der Waals surface area contributed by atoms with Gasteiger partial charge in [0.1, 0.15) is 16.2 Å². The van der Waals surface area contributed by atoms with Crippen molar-refractivity contribution in [2.45, 2.75) is 30.0 Å². The minimum Gasteiger partial charge on any atom is -0.365 e. The molecule has 1 aliphatic rings. The van der Waals surface area contributed by atoms with Crippen LogP contribution in [0, 0.1) is 10.1 Å². The van der Waals surface area contributed by atoms with Crippen molar-refractivity contribution in [3.63, 3.8) is 0 Å². The van der Waals surface area contributed by atoms with Gasteiger partial charge in [-0.15, -0.1) is 11.3 Å². The summed E-state index contributed by atoms with van der Waals surface area (Å²) in [6.07, 6.45) is 4.08. The third-order valence-electron chi connectivity index (χ3n) is 3.95. The Kier molecular flexibility index (Phi) is 5.30. The third-order valence-corrected chi connectivity index (χ3v) is 7.40. The van der Waals surface area contributed by atoms with Crippen LogP contribution in [0.25, 0.3) is 0 Å². The molecule has 3 rings (SSSR count). The number of sulfonamides is 1. The van der Waals surface area contributed by atoms with Gasteiger partial charge in [-0.1, -0.05) is 6.42 Å². The van der Waals surface area contributed by atoms with Crippen molar-refractivity contribution < 1.29 is 13.3 Å². The molecule has 2 aromatic rings. The van der Waals surface area contributed by atoms with Gasteiger partial charge in [-0.05, 0) is 31.0 Å². The third kappa shape index (κ3) is 4.14. The van der Waals surface area contributed by atoms with Crippen LogP contribution in [0.5, 0.6) is 0 Å². The minimum absolute atomic E-state index is 0.0726. The first-order valence-electron chi connectivity index (χ1n) is 7.90. The summed E-state index contributed by atoms with van der Waals surface area (Å²) in [7, 11) is -3.41. The zero-order valence-corrected chi connectivity index (χ0v) is 15.1. The molecule has 25 heavy (non-hydrogen) atoms. The lowest BCUT2D eigenvalue weighted by molar-refractivity contribution is -0.385. The van der Waals surface area contributed by atoms with Crippen molar-refractivity contribution >= 4 is 32.9 Å². The van der Waals surface area contributed by atoms with Crippen LogP contribution in [0.2, 0.25) is 0 Å². The highest BCUT2D eigenvalue weighted by Crippen LogP contribution is 2.27. The average Bonchev–Trinajstić information content (AvgIpc) is 3.11. The highest BCUT2D eigenvalue weighted by atomic mass is 32.2. The predicted octanol–water partition coefficient (Wildman–Crippen LogP) is 2.84. The van der Waals surface area contributed by atoms with Crippen molar-refractivity contribution in [3.05, 3.63) is 45.5 Å². The Labute approximate surface area is 149 Å². The van der Waals surface area contributed by atoms with Gasteiger partial charge in [-0.3, -0.25) is 10.1 Å². The topological polar surface area (TPSA) is 105 Å². The zero-order chi connectivity index (χ0) is 17.9. The molecule has 8 nitrogen and oxygen atoms in total. The van der Waals surface area contributed by atoms with E-state index in [1.165, 1.54) is 29.7 Å². The SMILES string of the molecule is O=[N+]([O-])c1ccc(NCc2ccc(S(=O)(=O)N3CCCCC3)s2)nc1. The fourth-order valence-corrected chi connectivity index (χ4v) is 5.57. The van der Waals surface area contributed by atoms with Crippen molar-refractivity contribution in [1.29, 1.82) is 0 Å². The maximum absolute atomic E-state index is 12.6. The smallest absolute Gasteiger partial charge is 0.287 e. The molecule has 0 bridgehead atoms. The lowest BCUT2D eigenvalue weighted by Gasteiger charge is -2.25. The second-order valence-electron chi connectivity index (χ2n) is 5.70. The van der Waals surface area contributed by atoms with Crippen LogP contribution < -0.4 is 5.32 Å². The Bertz CT molecular complexity index is 843. The molecule has 0 unspecified atom stereocenters. The molecule has 3 heterocycles. The van der Waals surface area contributed by atoms with E-state index in [1.54, 1.807) is 16.4 Å². The Balaban J connectivity index is 1.64. The monoisotopic (exact) mass is 382 g/mol. The van der Waals surface area contributed by atoms with Crippen molar-refractivity contribution in [3.8, 4) is 0 Å². The van der Waals surface area contributed by atoms with Gasteiger partial charge < -0.3 is 5.32 Å². The van der Waals surface area contributed by atoms with E-state index in [9.17, 15) is 18.5 Å². The summed E-state index contributed by atoms with van der Waals surface area (Å²) in [6.45, 7) is 1.58. The van der Waals surface area contributed by atoms with Crippen LogP contribution in [-0.4, -0.2) is 35.7 Å². The maximum Gasteiger partial charge on any atom is 0.287 e. The summed E-state index contributed by atoms with van der Waals surface area (Å²) in [5, 5.41) is 13.6. The first-order chi connectivity index (χ1) is 12.0. The fourth-order valence-electron chi connectivity index (χ4n) is 2.60. The normalized spacial score (nSPS) is 15.8. The lowest BCUT2D eigenvalue weighted by atomic mass is 10.2. The molecule has 0 radical (unpaired) electrons. The van der Waals surface area contributed by atoms with Gasteiger partial charge in [-0.25, -0.2) is 13.4 Å². The predicted molar refractivity (Wildman–Crippen MR) is 95.1 cm³/mol. The standard InChI is InChI=1S/C15H18N4O4S2/c20-19(21)12-4-6-14(16-10-12)17-11-13-5-7-15(24-13)25(22,23)18-8-2-1-3-9-18/h4-7,10H,1-3,8-9,11H2,(H,16,17). The number of anilines is 1. The largest absolute Gasteiger partial charge is 0.365 e. The number of hydrogen-bond acceptors (Lipinski definition) is 7. The second kappa shape index (κ2) is 7.46. The molecule has 1 aliphatic heterocycles. The van der Waals surface area contributed by atoms with Crippen LogP contribution in [-0.2, 0) is 16.6 Å². The second-order valence-corrected chi connectivity index (χ2v) is 9.03. The number of nitrogens with one attached hydrogen (secondary N) is 1. The molecular formula is C15H18N4O4S2. The lowest BCUT2D eigenvalue weighted by Crippen LogP contribution is -2.35. The molecule has 1 saturated heterocycles. The number of nitro groups is 1. The molecule has 0 spiro atoms. The van der Waals surface area contributed by atoms with E-state index in [2.05, 4.69) is 10.3 Å². The van der Waals surface area contributed by atoms with Crippen molar-refractivity contribution in [1.82, 2.24) is 9.29 Å². The van der Waals surface area contributed by atoms with Gasteiger partial charge >= 0.3 is 0 Å². The van der Waals surface area contributed by atoms with Gasteiger partial charge in [0.05, 0.1) is 11.5 Å². The summed E-state index contributed by atoms with van der Waals surface area (Å²) in [5.74, 6) is 0.499. The van der Waals surface area contributed by atoms with Gasteiger partial charge in [-0.2, -0.15) is 4.31 Å². The number of hydrogen-bond donors (Lipinski definition) is 1. The highest BCUT2D eigenvalue weighted by Gasteiger charge is 2.27. The van der Waals surface area contributed by atoms with E-state index < -0.39 is 14.9 Å². The molecule has 0 aromatic carbocycles. The number of aromatic nitrogens is 1. The van der Waals surface area contributed by atoms with Crippen LogP contribution in [0.1, 0.15) is 24.1 Å². The quantitative estimate of drug-likeness (QED) is 0.608. The Morgan fingerprint density at radius 1 is 1.20 bits per heavy atom. The molecule has 10 heteroatoms. The zero-order valence-electron chi connectivity index (χ0n) is 13.4. The van der Waals surface area contributed by atoms with E-state index in [0.29, 0.717) is 29.7 Å². The summed E-state index contributed by atoms with van der Waals surface area (Å²) in [4.78, 5) is 14.9. The van der Waals surface area contributed by atoms with Crippen LogP contribution in [0.3, 0.4) is 0 Å². The van der Waals surface area contributed by atoms with Gasteiger partial charge in [0.2, 0.25) is 0 Å². The fraction of sp³-hybridized carbons (Fsp3) is 0.400. The first-order valence-corrected chi connectivity index (χ1v) is 10.2. The van der Waals surface area contributed by atoms with Crippen LogP contribution >= 0.6 is 11.3 Å². The van der Waals surface area contributed by atoms with Gasteiger partial charge in [0.25, 0.3) is 15.7 Å². The number of piperidine rings is 1. The Hall–Kier alpha value is -2.04. The maximum atomic E-state index is 12.6. The van der Waals surface area contributed by atoms with Gasteiger partial charge in [0.15, 0.2) is 0 Å². The number of thiophene rings is 1. The van der Waals surface area contributed by atoms with Gasteiger partial charge in [0, 0.05) is 24.0 Å². The molecule has 0 atom stereocenters. The molecule has 134 valence electrons. The van der Waals surface area contributed by atoms with Crippen LogP contribution in [0.15, 0.2) is 34.7 Å². The highest BCUT2D eigenvalue weighted by molar-refractivity contribution is 7.91. The number of nitrogens with zero attached hydrogens (tertiary/aromatic N) is 3. The Morgan fingerprint density at radius 2 is 1.96 bits per heavy atom. The molecular weight excluding hydrogens is 364 g/mol. The summed E-state index contributed by atoms with van der Waals surface area (Å²) >= 11 is 1.23. The molecule has 0 aliphatic carbocycles. The summed E-state index contributed by atoms with van der Waals surface area (Å²) in [6, 6.07) is 6.31. The molecule has 1 fully saturated rings. The van der Waals surface area contributed by atoms with E-state index in [-0.39, 0.29) is 5.69 Å². The van der Waals surface area contributed by atoms with E-state index in [0.717, 1.165) is 24.1 Å². The summed E-state index contributed by atoms with van der Waals surface area (Å²) < 4.78 is 27.1.